The maximum atomic E-state index is 5.43. The van der Waals surface area contributed by atoms with E-state index in [9.17, 15) is 0 Å². The van der Waals surface area contributed by atoms with Crippen LogP contribution in [0.15, 0.2) is 35.3 Å². The molecular formula is C22H37IN8O. The quantitative estimate of drug-likeness (QED) is 0.199. The minimum absolute atomic E-state index is 0. The van der Waals surface area contributed by atoms with E-state index in [1.807, 2.05) is 24.6 Å². The van der Waals surface area contributed by atoms with Gasteiger partial charge in [-0.3, -0.25) is 4.90 Å². The number of guanidine groups is 1. The molecule has 1 fully saturated rings. The SMILES string of the molecule is Cc1nnc(CN=C(NCCCN(C)c2ccccc2)NCCN2CCOCC2)n1C.I. The second-order valence-electron chi connectivity index (χ2n) is 7.81. The fourth-order valence-corrected chi connectivity index (χ4v) is 3.40. The predicted molar refractivity (Wildman–Crippen MR) is 140 cm³/mol. The Morgan fingerprint density at radius 2 is 1.84 bits per heavy atom. The van der Waals surface area contributed by atoms with Gasteiger partial charge in [0.05, 0.1) is 13.2 Å². The lowest BCUT2D eigenvalue weighted by Crippen LogP contribution is -2.44. The molecule has 1 aromatic heterocycles. The normalized spacial score (nSPS) is 14.7. The molecule has 0 amide bonds. The third-order valence-electron chi connectivity index (χ3n) is 5.55. The molecule has 2 heterocycles. The number of morpholine rings is 1. The van der Waals surface area contributed by atoms with Crippen molar-refractivity contribution >= 4 is 35.6 Å². The zero-order valence-electron chi connectivity index (χ0n) is 19.5. The van der Waals surface area contributed by atoms with Crippen LogP contribution < -0.4 is 15.5 Å². The molecule has 2 N–H and O–H groups in total. The number of nitrogens with one attached hydrogen (secondary N) is 2. The molecule has 1 aliphatic rings. The lowest BCUT2D eigenvalue weighted by Gasteiger charge is -2.26. The third-order valence-corrected chi connectivity index (χ3v) is 5.55. The smallest absolute Gasteiger partial charge is 0.191 e. The molecule has 9 nitrogen and oxygen atoms in total. The molecule has 0 unspecified atom stereocenters. The molecular weight excluding hydrogens is 519 g/mol. The molecule has 0 aliphatic carbocycles. The van der Waals surface area contributed by atoms with Crippen molar-refractivity contribution in [2.45, 2.75) is 19.9 Å². The van der Waals surface area contributed by atoms with Crippen molar-refractivity contribution < 1.29 is 4.74 Å². The van der Waals surface area contributed by atoms with Crippen LogP contribution >= 0.6 is 24.0 Å². The molecule has 3 rings (SSSR count). The van der Waals surface area contributed by atoms with Crippen molar-refractivity contribution in [2.24, 2.45) is 12.0 Å². The summed E-state index contributed by atoms with van der Waals surface area (Å²) in [5, 5.41) is 15.3. The standard InChI is InChI=1S/C22H36N8O.HI/c1-19-26-27-21(29(19)3)18-25-22(24-11-13-30-14-16-31-17-15-30)23-10-7-12-28(2)20-8-5-4-6-9-20;/h4-6,8-9H,7,10-18H2,1-3H3,(H2,23,24,25);1H. The zero-order chi connectivity index (χ0) is 21.9. The summed E-state index contributed by atoms with van der Waals surface area (Å²) in [6, 6.07) is 10.5. The first kappa shape index (κ1) is 26.3. The van der Waals surface area contributed by atoms with Crippen LogP contribution in [0.25, 0.3) is 0 Å². The highest BCUT2D eigenvalue weighted by Gasteiger charge is 2.10. The number of hydrogen-bond donors (Lipinski definition) is 2. The Morgan fingerprint density at radius 3 is 2.53 bits per heavy atom. The third kappa shape index (κ3) is 8.55. The Labute approximate surface area is 208 Å². The number of hydrogen-bond acceptors (Lipinski definition) is 6. The van der Waals surface area contributed by atoms with E-state index in [-0.39, 0.29) is 24.0 Å². The molecule has 0 radical (unpaired) electrons. The van der Waals surface area contributed by atoms with E-state index < -0.39 is 0 Å². The summed E-state index contributed by atoms with van der Waals surface area (Å²) >= 11 is 0. The molecule has 2 aromatic rings. The van der Waals surface area contributed by atoms with Crippen molar-refractivity contribution in [3.05, 3.63) is 42.0 Å². The minimum Gasteiger partial charge on any atom is -0.379 e. The Balaban J connectivity index is 0.00000363. The highest BCUT2D eigenvalue weighted by molar-refractivity contribution is 14.0. The van der Waals surface area contributed by atoms with Crippen LogP contribution in [0.4, 0.5) is 5.69 Å². The number of anilines is 1. The lowest BCUT2D eigenvalue weighted by molar-refractivity contribution is 0.0389. The highest BCUT2D eigenvalue weighted by atomic mass is 127. The average molecular weight is 556 g/mol. The van der Waals surface area contributed by atoms with Crippen molar-refractivity contribution in [2.75, 3.05) is 64.4 Å². The molecule has 32 heavy (non-hydrogen) atoms. The number of para-hydroxylation sites is 1. The molecule has 10 heteroatoms. The van der Waals surface area contributed by atoms with Gasteiger partial charge >= 0.3 is 0 Å². The number of rotatable bonds is 10. The van der Waals surface area contributed by atoms with Crippen molar-refractivity contribution in [3.8, 4) is 0 Å². The van der Waals surface area contributed by atoms with Crippen molar-refractivity contribution in [1.82, 2.24) is 30.3 Å². The van der Waals surface area contributed by atoms with Gasteiger partial charge in [-0.1, -0.05) is 18.2 Å². The number of ether oxygens (including phenoxy) is 1. The summed E-state index contributed by atoms with van der Waals surface area (Å²) in [4.78, 5) is 9.42. The Bertz CT molecular complexity index is 808. The van der Waals surface area contributed by atoms with Crippen LogP contribution in [-0.4, -0.2) is 85.2 Å². The van der Waals surface area contributed by atoms with Gasteiger partial charge in [0.25, 0.3) is 0 Å². The van der Waals surface area contributed by atoms with E-state index in [0.717, 1.165) is 76.5 Å². The molecule has 0 atom stereocenters. The Morgan fingerprint density at radius 1 is 1.12 bits per heavy atom. The summed E-state index contributed by atoms with van der Waals surface area (Å²) in [5.74, 6) is 2.57. The number of aryl methyl sites for hydroxylation is 1. The summed E-state index contributed by atoms with van der Waals surface area (Å²) in [6.45, 7) is 9.70. The van der Waals surface area contributed by atoms with E-state index in [1.54, 1.807) is 0 Å². The number of nitrogens with zero attached hydrogens (tertiary/aromatic N) is 6. The fraction of sp³-hybridized carbons (Fsp3) is 0.591. The molecule has 0 spiro atoms. The molecule has 178 valence electrons. The van der Waals surface area contributed by atoms with E-state index in [4.69, 9.17) is 9.73 Å². The number of aromatic nitrogens is 3. The molecule has 1 aromatic carbocycles. The van der Waals surface area contributed by atoms with Gasteiger partial charge < -0.3 is 24.8 Å². The number of aliphatic imine (C=N–C) groups is 1. The topological polar surface area (TPSA) is 82.8 Å². The fourth-order valence-electron chi connectivity index (χ4n) is 3.40. The van der Waals surface area contributed by atoms with E-state index in [2.05, 4.69) is 61.9 Å². The molecule has 0 bridgehead atoms. The van der Waals surface area contributed by atoms with Gasteiger partial charge in [-0.2, -0.15) is 0 Å². The van der Waals surface area contributed by atoms with Gasteiger partial charge in [0, 0.05) is 59.1 Å². The second-order valence-corrected chi connectivity index (χ2v) is 7.81. The highest BCUT2D eigenvalue weighted by Crippen LogP contribution is 2.10. The zero-order valence-corrected chi connectivity index (χ0v) is 21.8. The first-order valence-electron chi connectivity index (χ1n) is 11.1. The lowest BCUT2D eigenvalue weighted by atomic mass is 10.3. The maximum absolute atomic E-state index is 5.43. The largest absolute Gasteiger partial charge is 0.379 e. The van der Waals surface area contributed by atoms with E-state index in [0.29, 0.717) is 6.54 Å². The second kappa shape index (κ2) is 14.3. The van der Waals surface area contributed by atoms with Crippen molar-refractivity contribution in [1.29, 1.82) is 0 Å². The van der Waals surface area contributed by atoms with Gasteiger partial charge in [0.2, 0.25) is 0 Å². The van der Waals surface area contributed by atoms with Crippen LogP contribution in [0.1, 0.15) is 18.1 Å². The van der Waals surface area contributed by atoms with Gasteiger partial charge in [-0.15, -0.1) is 34.2 Å². The first-order chi connectivity index (χ1) is 15.1. The average Bonchev–Trinajstić information content (AvgIpc) is 3.13. The maximum Gasteiger partial charge on any atom is 0.191 e. The molecule has 0 saturated carbocycles. The minimum atomic E-state index is 0. The Hall–Kier alpha value is -1.92. The van der Waals surface area contributed by atoms with E-state index >= 15 is 0 Å². The van der Waals surface area contributed by atoms with Crippen LogP contribution in [0.5, 0.6) is 0 Å². The molecule has 1 aliphatic heterocycles. The van der Waals surface area contributed by atoms with Crippen LogP contribution in [0, 0.1) is 6.92 Å². The van der Waals surface area contributed by atoms with Gasteiger partial charge in [-0.25, -0.2) is 4.99 Å². The number of halogens is 1. The first-order valence-corrected chi connectivity index (χ1v) is 11.1. The molecule has 1 saturated heterocycles. The monoisotopic (exact) mass is 556 g/mol. The summed E-state index contributed by atoms with van der Waals surface area (Å²) in [7, 11) is 4.10. The van der Waals surface area contributed by atoms with Gasteiger partial charge in [-0.05, 0) is 25.5 Å². The van der Waals surface area contributed by atoms with Crippen LogP contribution in [0.2, 0.25) is 0 Å². The summed E-state index contributed by atoms with van der Waals surface area (Å²) in [6.07, 6.45) is 1.01. The summed E-state index contributed by atoms with van der Waals surface area (Å²) < 4.78 is 7.40. The van der Waals surface area contributed by atoms with Crippen LogP contribution in [-0.2, 0) is 18.3 Å². The van der Waals surface area contributed by atoms with E-state index in [1.165, 1.54) is 5.69 Å². The van der Waals surface area contributed by atoms with Gasteiger partial charge in [0.1, 0.15) is 12.4 Å². The predicted octanol–water partition coefficient (Wildman–Crippen LogP) is 1.64. The summed E-state index contributed by atoms with van der Waals surface area (Å²) in [5.41, 5.74) is 1.23. The van der Waals surface area contributed by atoms with Crippen molar-refractivity contribution in [3.63, 3.8) is 0 Å². The Kier molecular flexibility index (Phi) is 11.7. The number of benzene rings is 1. The van der Waals surface area contributed by atoms with Crippen LogP contribution in [0.3, 0.4) is 0 Å². The van der Waals surface area contributed by atoms with Gasteiger partial charge in [0.15, 0.2) is 11.8 Å².